The normalized spacial score (nSPS) is 24.9. The van der Waals surface area contributed by atoms with Gasteiger partial charge in [-0.15, -0.1) is 6.58 Å². The molecular formula is C25H33N3O9. The third-order valence-electron chi connectivity index (χ3n) is 6.07. The molecule has 0 spiro atoms. The Morgan fingerprint density at radius 1 is 1.19 bits per heavy atom. The number of aryl methyl sites for hydroxylation is 1. The zero-order chi connectivity index (χ0) is 27.5. The molecule has 0 radical (unpaired) electrons. The molecule has 1 amide bonds. The van der Waals surface area contributed by atoms with Crippen LogP contribution in [0.15, 0.2) is 36.9 Å². The maximum atomic E-state index is 13.3. The Morgan fingerprint density at radius 2 is 1.86 bits per heavy atom. The number of para-hydroxylation sites is 1. The van der Waals surface area contributed by atoms with Crippen LogP contribution in [0.25, 0.3) is 10.9 Å². The van der Waals surface area contributed by atoms with E-state index >= 15 is 0 Å². The Labute approximate surface area is 213 Å². The first-order valence-electron chi connectivity index (χ1n) is 11.9. The van der Waals surface area contributed by atoms with Gasteiger partial charge < -0.3 is 35.2 Å². The highest BCUT2D eigenvalue weighted by Gasteiger charge is 2.49. The van der Waals surface area contributed by atoms with Gasteiger partial charge in [-0.25, -0.2) is 9.59 Å². The zero-order valence-electron chi connectivity index (χ0n) is 20.9. The Morgan fingerprint density at radius 3 is 2.49 bits per heavy atom. The highest BCUT2D eigenvalue weighted by Crippen LogP contribution is 2.27. The average molecular weight is 520 g/mol. The van der Waals surface area contributed by atoms with Crippen LogP contribution >= 0.6 is 0 Å². The number of hydrogen-bond donors (Lipinski definition) is 5. The number of hydrogen-bond acceptors (Lipinski definition) is 9. The van der Waals surface area contributed by atoms with Crippen molar-refractivity contribution < 1.29 is 44.3 Å². The van der Waals surface area contributed by atoms with Crippen LogP contribution in [-0.2, 0) is 25.6 Å². The molecule has 202 valence electrons. The lowest BCUT2D eigenvalue weighted by atomic mass is 9.86. The fraction of sp³-hybridized carbons (Fsp3) is 0.520. The minimum absolute atomic E-state index is 0.106. The van der Waals surface area contributed by atoms with E-state index in [0.717, 1.165) is 18.4 Å². The first-order valence-corrected chi connectivity index (χ1v) is 11.9. The van der Waals surface area contributed by atoms with E-state index in [2.05, 4.69) is 17.0 Å². The number of fused-ring (bicyclic) bond motifs is 1. The first-order chi connectivity index (χ1) is 17.4. The predicted molar refractivity (Wildman–Crippen MR) is 130 cm³/mol. The number of esters is 1. The van der Waals surface area contributed by atoms with Gasteiger partial charge in [-0.2, -0.15) is 5.10 Å². The summed E-state index contributed by atoms with van der Waals surface area (Å²) in [7, 11) is 0. The van der Waals surface area contributed by atoms with Crippen molar-refractivity contribution in [3.05, 3.63) is 42.6 Å². The Kier molecular flexibility index (Phi) is 8.69. The van der Waals surface area contributed by atoms with Crippen molar-refractivity contribution in [2.24, 2.45) is 5.41 Å². The number of benzene rings is 1. The number of carboxylic acids is 1. The minimum atomic E-state index is -1.94. The summed E-state index contributed by atoms with van der Waals surface area (Å²) >= 11 is 0. The van der Waals surface area contributed by atoms with Crippen molar-refractivity contribution in [3.63, 3.8) is 0 Å². The van der Waals surface area contributed by atoms with Gasteiger partial charge in [-0.05, 0) is 24.3 Å². The molecule has 12 nitrogen and oxygen atoms in total. The van der Waals surface area contributed by atoms with E-state index in [-0.39, 0.29) is 5.69 Å². The maximum absolute atomic E-state index is 13.3. The van der Waals surface area contributed by atoms with E-state index in [0.29, 0.717) is 11.9 Å². The topological polar surface area (TPSA) is 180 Å². The quantitative estimate of drug-likeness (QED) is 0.179. The molecule has 1 aromatic heterocycles. The molecule has 5 N–H and O–H groups in total. The number of allylic oxidation sites excluding steroid dienone is 1. The smallest absolute Gasteiger partial charge is 0.335 e. The van der Waals surface area contributed by atoms with E-state index in [1.54, 1.807) is 43.7 Å². The molecule has 0 unspecified atom stereocenters. The number of nitrogens with one attached hydrogen (secondary N) is 1. The summed E-state index contributed by atoms with van der Waals surface area (Å²) in [6, 6.07) is 5.91. The van der Waals surface area contributed by atoms with E-state index in [1.165, 1.54) is 0 Å². The fourth-order valence-corrected chi connectivity index (χ4v) is 4.01. The molecule has 0 aliphatic carbocycles. The molecule has 3 rings (SSSR count). The summed E-state index contributed by atoms with van der Waals surface area (Å²) in [5.41, 5.74) is -0.0359. The molecule has 1 aliphatic rings. The Hall–Kier alpha value is -3.32. The largest absolute Gasteiger partial charge is 0.479 e. The molecule has 2 heterocycles. The lowest BCUT2D eigenvalue weighted by Crippen LogP contribution is -2.61. The van der Waals surface area contributed by atoms with Crippen LogP contribution < -0.4 is 5.32 Å². The van der Waals surface area contributed by atoms with Gasteiger partial charge in [0.2, 0.25) is 6.29 Å². The SMILES string of the molecule is C=CCCCn1nc(C(=O)N[C@H](C(=O)O[C@@H]2O[C@H](C(=O)O)[C@@H](O)[C@H](O)[C@H]2O)C(C)(C)C)c2ccccc21. The molecule has 6 atom stereocenters. The van der Waals surface area contributed by atoms with Gasteiger partial charge in [-0.3, -0.25) is 9.48 Å². The van der Waals surface area contributed by atoms with Crippen molar-refractivity contribution in [3.8, 4) is 0 Å². The summed E-state index contributed by atoms with van der Waals surface area (Å²) in [6.07, 6.45) is -6.27. The number of aliphatic carboxylic acids is 1. The molecular weight excluding hydrogens is 486 g/mol. The Balaban J connectivity index is 1.83. The maximum Gasteiger partial charge on any atom is 0.335 e. The second-order valence-corrected chi connectivity index (χ2v) is 9.96. The summed E-state index contributed by atoms with van der Waals surface area (Å²) in [5, 5.41) is 46.9. The van der Waals surface area contributed by atoms with Crippen molar-refractivity contribution in [1.82, 2.24) is 15.1 Å². The van der Waals surface area contributed by atoms with Gasteiger partial charge in [0, 0.05) is 11.9 Å². The third kappa shape index (κ3) is 6.16. The van der Waals surface area contributed by atoms with Gasteiger partial charge in [0.25, 0.3) is 5.91 Å². The van der Waals surface area contributed by atoms with Crippen LogP contribution in [0.5, 0.6) is 0 Å². The molecule has 1 aliphatic heterocycles. The van der Waals surface area contributed by atoms with E-state index in [1.807, 2.05) is 12.1 Å². The number of carbonyl (C=O) groups excluding carboxylic acids is 2. The lowest BCUT2D eigenvalue weighted by Gasteiger charge is -2.39. The summed E-state index contributed by atoms with van der Waals surface area (Å²) < 4.78 is 11.9. The summed E-state index contributed by atoms with van der Waals surface area (Å²) in [6.45, 7) is 9.27. The van der Waals surface area contributed by atoms with Gasteiger partial charge >= 0.3 is 11.9 Å². The number of carbonyl (C=O) groups is 3. The molecule has 0 bridgehead atoms. The molecule has 0 saturated carbocycles. The highest BCUT2D eigenvalue weighted by molar-refractivity contribution is 6.06. The molecule has 1 fully saturated rings. The highest BCUT2D eigenvalue weighted by atomic mass is 16.7. The van der Waals surface area contributed by atoms with Gasteiger partial charge in [0.1, 0.15) is 24.4 Å². The number of unbranched alkanes of at least 4 members (excludes halogenated alkanes) is 1. The van der Waals surface area contributed by atoms with Gasteiger partial charge in [0.05, 0.1) is 5.52 Å². The number of carboxylic acid groups (broad SMARTS) is 1. The first kappa shape index (κ1) is 28.3. The average Bonchev–Trinajstić information content (AvgIpc) is 3.20. The van der Waals surface area contributed by atoms with Crippen molar-refractivity contribution >= 4 is 28.7 Å². The van der Waals surface area contributed by atoms with Crippen LogP contribution in [0, 0.1) is 5.41 Å². The lowest BCUT2D eigenvalue weighted by molar-refractivity contribution is -0.287. The fourth-order valence-electron chi connectivity index (χ4n) is 4.01. The van der Waals surface area contributed by atoms with Crippen LogP contribution in [0.4, 0.5) is 0 Å². The number of aliphatic hydroxyl groups is 3. The number of rotatable bonds is 9. The standard InChI is InChI=1S/C25H33N3O9/c1-5-6-9-12-28-14-11-8-7-10-13(14)15(27-28)21(32)26-20(25(2,3)4)23(35)37-24-18(31)16(29)17(30)19(36-24)22(33)34/h5,7-8,10-11,16-20,24,29-31H,1,6,9,12H2,2-4H3,(H,26,32)(H,33,34)/t16-,17-,18+,19-,20+,24-/m0/s1. The van der Waals surface area contributed by atoms with Gasteiger partial charge in [0.15, 0.2) is 11.8 Å². The number of ether oxygens (including phenoxy) is 2. The summed E-state index contributed by atoms with van der Waals surface area (Å²) in [4.78, 5) is 37.8. The van der Waals surface area contributed by atoms with Crippen LogP contribution in [0.3, 0.4) is 0 Å². The van der Waals surface area contributed by atoms with E-state index in [4.69, 9.17) is 9.47 Å². The van der Waals surface area contributed by atoms with Gasteiger partial charge in [-0.1, -0.05) is 45.0 Å². The van der Waals surface area contributed by atoms with Crippen molar-refractivity contribution in [2.75, 3.05) is 0 Å². The molecule has 12 heteroatoms. The van der Waals surface area contributed by atoms with E-state index in [9.17, 15) is 34.8 Å². The monoisotopic (exact) mass is 519 g/mol. The zero-order valence-corrected chi connectivity index (χ0v) is 20.9. The molecule has 37 heavy (non-hydrogen) atoms. The van der Waals surface area contributed by atoms with Crippen molar-refractivity contribution in [2.45, 2.75) is 76.9 Å². The van der Waals surface area contributed by atoms with E-state index < -0.39 is 60.0 Å². The van der Waals surface area contributed by atoms with Crippen LogP contribution in [-0.4, -0.2) is 84.8 Å². The minimum Gasteiger partial charge on any atom is -0.479 e. The molecule has 1 saturated heterocycles. The van der Waals surface area contributed by atoms with Crippen molar-refractivity contribution in [1.29, 1.82) is 0 Å². The van der Waals surface area contributed by atoms with Crippen LogP contribution in [0.2, 0.25) is 0 Å². The van der Waals surface area contributed by atoms with Crippen LogP contribution in [0.1, 0.15) is 44.1 Å². The Bertz CT molecular complexity index is 1160. The third-order valence-corrected chi connectivity index (χ3v) is 6.07. The number of aliphatic hydroxyl groups excluding tert-OH is 3. The number of aromatic nitrogens is 2. The predicted octanol–water partition coefficient (Wildman–Crippen LogP) is 0.582. The summed E-state index contributed by atoms with van der Waals surface area (Å²) in [5.74, 6) is -3.29. The molecule has 2 aromatic rings. The molecule has 1 aromatic carbocycles. The number of amides is 1. The second-order valence-electron chi connectivity index (χ2n) is 9.96. The second kappa shape index (κ2) is 11.4. The number of nitrogens with zero attached hydrogens (tertiary/aromatic N) is 2.